The molecule has 130 valence electrons. The molecule has 0 spiro atoms. The Bertz CT molecular complexity index is 740. The Labute approximate surface area is 133 Å². The van der Waals surface area contributed by atoms with Crippen LogP contribution in [0.5, 0.6) is 5.75 Å². The minimum atomic E-state index is -4.58. The second-order valence-electron chi connectivity index (χ2n) is 4.84. The molecule has 0 bridgehead atoms. The summed E-state index contributed by atoms with van der Waals surface area (Å²) in [7, 11) is 1.25. The molecule has 0 aliphatic rings. The monoisotopic (exact) mass is 350 g/mol. The van der Waals surface area contributed by atoms with Gasteiger partial charge in [-0.25, -0.2) is 0 Å². The first-order valence-corrected chi connectivity index (χ1v) is 6.51. The van der Waals surface area contributed by atoms with E-state index in [0.717, 1.165) is 30.3 Å². The van der Waals surface area contributed by atoms with Crippen LogP contribution < -0.4 is 15.8 Å². The molecule has 0 amide bonds. The summed E-state index contributed by atoms with van der Waals surface area (Å²) in [4.78, 5) is 0. The van der Waals surface area contributed by atoms with Gasteiger partial charge in [0.1, 0.15) is 5.75 Å². The maximum absolute atomic E-state index is 12.8. The number of hydrogen-bond donors (Lipinski definition) is 2. The Kier molecular flexibility index (Phi) is 4.54. The zero-order valence-electron chi connectivity index (χ0n) is 12.2. The van der Waals surface area contributed by atoms with E-state index in [-0.39, 0.29) is 22.8 Å². The van der Waals surface area contributed by atoms with Gasteiger partial charge in [-0.1, -0.05) is 0 Å². The van der Waals surface area contributed by atoms with Crippen molar-refractivity contribution < 1.29 is 31.1 Å². The van der Waals surface area contributed by atoms with Crippen LogP contribution in [0, 0.1) is 0 Å². The minimum Gasteiger partial charge on any atom is -0.495 e. The van der Waals surface area contributed by atoms with Crippen LogP contribution in [0.15, 0.2) is 36.4 Å². The van der Waals surface area contributed by atoms with E-state index < -0.39 is 23.5 Å². The Morgan fingerprint density at radius 2 is 1.38 bits per heavy atom. The van der Waals surface area contributed by atoms with Crippen molar-refractivity contribution in [3.8, 4) is 5.75 Å². The number of halogens is 6. The van der Waals surface area contributed by atoms with Gasteiger partial charge >= 0.3 is 12.4 Å². The molecule has 2 aromatic rings. The highest BCUT2D eigenvalue weighted by molar-refractivity contribution is 5.76. The van der Waals surface area contributed by atoms with Crippen molar-refractivity contribution in [3.63, 3.8) is 0 Å². The number of anilines is 3. The zero-order valence-corrected chi connectivity index (χ0v) is 12.2. The van der Waals surface area contributed by atoms with Crippen LogP contribution >= 0.6 is 0 Å². The van der Waals surface area contributed by atoms with E-state index in [9.17, 15) is 26.3 Å². The first-order chi connectivity index (χ1) is 11.0. The topological polar surface area (TPSA) is 47.3 Å². The zero-order chi connectivity index (χ0) is 18.1. The van der Waals surface area contributed by atoms with Crippen LogP contribution in [-0.4, -0.2) is 7.11 Å². The summed E-state index contributed by atoms with van der Waals surface area (Å²) in [5.74, 6) is 0.0855. The molecule has 2 aromatic carbocycles. The third-order valence-corrected chi connectivity index (χ3v) is 3.18. The van der Waals surface area contributed by atoms with Gasteiger partial charge in [-0.05, 0) is 36.4 Å². The molecule has 24 heavy (non-hydrogen) atoms. The minimum absolute atomic E-state index is 0.0284. The van der Waals surface area contributed by atoms with Crippen LogP contribution in [0.4, 0.5) is 43.4 Å². The van der Waals surface area contributed by atoms with E-state index in [0.29, 0.717) is 6.07 Å². The van der Waals surface area contributed by atoms with E-state index in [1.54, 1.807) is 0 Å². The lowest BCUT2D eigenvalue weighted by Crippen LogP contribution is -2.08. The second-order valence-corrected chi connectivity index (χ2v) is 4.84. The number of nitrogen functional groups attached to an aromatic ring is 1. The lowest BCUT2D eigenvalue weighted by Gasteiger charge is -2.16. The molecule has 3 N–H and O–H groups in total. The predicted molar refractivity (Wildman–Crippen MR) is 77.1 cm³/mol. The fourth-order valence-corrected chi connectivity index (χ4v) is 1.98. The van der Waals surface area contributed by atoms with Crippen molar-refractivity contribution in [2.75, 3.05) is 18.2 Å². The number of hydrogen-bond acceptors (Lipinski definition) is 3. The summed E-state index contributed by atoms with van der Waals surface area (Å²) < 4.78 is 81.1. The number of nitrogens with one attached hydrogen (secondary N) is 1. The van der Waals surface area contributed by atoms with Gasteiger partial charge in [0.05, 0.1) is 35.3 Å². The van der Waals surface area contributed by atoms with Gasteiger partial charge in [0.15, 0.2) is 0 Å². The van der Waals surface area contributed by atoms with E-state index in [1.807, 2.05) is 0 Å². The smallest absolute Gasteiger partial charge is 0.416 e. The number of ether oxygens (including phenoxy) is 1. The summed E-state index contributed by atoms with van der Waals surface area (Å²) in [6.45, 7) is 0. The first kappa shape index (κ1) is 17.8. The maximum Gasteiger partial charge on any atom is 0.416 e. The van der Waals surface area contributed by atoms with Crippen molar-refractivity contribution in [1.29, 1.82) is 0 Å². The van der Waals surface area contributed by atoms with Crippen molar-refractivity contribution in [1.82, 2.24) is 0 Å². The molecular weight excluding hydrogens is 338 g/mol. The Balaban J connectivity index is 2.40. The van der Waals surface area contributed by atoms with Gasteiger partial charge in [-0.2, -0.15) is 26.3 Å². The fourth-order valence-electron chi connectivity index (χ4n) is 1.98. The van der Waals surface area contributed by atoms with E-state index in [4.69, 9.17) is 10.5 Å². The molecule has 0 atom stereocenters. The van der Waals surface area contributed by atoms with Crippen molar-refractivity contribution >= 4 is 17.1 Å². The average molecular weight is 350 g/mol. The van der Waals surface area contributed by atoms with Gasteiger partial charge in [-0.3, -0.25) is 0 Å². The summed E-state index contributed by atoms with van der Waals surface area (Å²) in [5, 5.41) is 2.57. The van der Waals surface area contributed by atoms with Crippen LogP contribution in [0.3, 0.4) is 0 Å². The standard InChI is InChI=1S/C15H12F6N2O/c1-24-13-5-3-9(15(19,20)21)7-12(13)23-11-4-2-8(6-10(11)22)14(16,17)18/h2-7,23H,22H2,1H3. The summed E-state index contributed by atoms with van der Waals surface area (Å²) in [6, 6.07) is 5.24. The molecule has 0 radical (unpaired) electrons. The highest BCUT2D eigenvalue weighted by Crippen LogP contribution is 2.38. The van der Waals surface area contributed by atoms with Crippen molar-refractivity contribution in [2.24, 2.45) is 0 Å². The molecule has 3 nitrogen and oxygen atoms in total. The SMILES string of the molecule is COc1ccc(C(F)(F)F)cc1Nc1ccc(C(F)(F)F)cc1N. The predicted octanol–water partition coefficient (Wildman–Crippen LogP) is 5.06. The quantitative estimate of drug-likeness (QED) is 0.601. The van der Waals surface area contributed by atoms with Crippen molar-refractivity contribution in [3.05, 3.63) is 47.5 Å². The van der Waals surface area contributed by atoms with Crippen LogP contribution in [0.25, 0.3) is 0 Å². The number of nitrogens with two attached hydrogens (primary N) is 1. The number of benzene rings is 2. The molecule has 0 saturated heterocycles. The lowest BCUT2D eigenvalue weighted by atomic mass is 10.1. The normalized spacial score (nSPS) is 12.1. The Morgan fingerprint density at radius 3 is 1.88 bits per heavy atom. The van der Waals surface area contributed by atoms with Gasteiger partial charge in [-0.15, -0.1) is 0 Å². The third-order valence-electron chi connectivity index (χ3n) is 3.18. The molecule has 9 heteroatoms. The summed E-state index contributed by atoms with van der Waals surface area (Å²) in [6.07, 6.45) is -9.14. The van der Waals surface area contributed by atoms with E-state index in [1.165, 1.54) is 7.11 Å². The molecule has 0 unspecified atom stereocenters. The molecule has 0 aromatic heterocycles. The largest absolute Gasteiger partial charge is 0.495 e. The molecule has 0 fully saturated rings. The van der Waals surface area contributed by atoms with E-state index >= 15 is 0 Å². The van der Waals surface area contributed by atoms with Gasteiger partial charge in [0.2, 0.25) is 0 Å². The highest BCUT2D eigenvalue weighted by atomic mass is 19.4. The number of alkyl halides is 6. The maximum atomic E-state index is 12.8. The average Bonchev–Trinajstić information content (AvgIpc) is 2.47. The molecule has 0 aliphatic heterocycles. The molecular formula is C15H12F6N2O. The van der Waals surface area contributed by atoms with Crippen molar-refractivity contribution in [2.45, 2.75) is 12.4 Å². The number of methoxy groups -OCH3 is 1. The fraction of sp³-hybridized carbons (Fsp3) is 0.200. The summed E-state index contributed by atoms with van der Waals surface area (Å²) >= 11 is 0. The third kappa shape index (κ3) is 3.84. The van der Waals surface area contributed by atoms with Gasteiger partial charge in [0.25, 0.3) is 0 Å². The van der Waals surface area contributed by atoms with Gasteiger partial charge in [0, 0.05) is 0 Å². The highest BCUT2D eigenvalue weighted by Gasteiger charge is 2.32. The molecule has 0 saturated carbocycles. The second kappa shape index (κ2) is 6.14. The number of rotatable bonds is 3. The first-order valence-electron chi connectivity index (χ1n) is 6.51. The molecule has 0 aliphatic carbocycles. The lowest BCUT2D eigenvalue weighted by molar-refractivity contribution is -0.138. The summed E-state index contributed by atoms with van der Waals surface area (Å²) in [5.41, 5.74) is 3.36. The van der Waals surface area contributed by atoms with Crippen LogP contribution in [0.1, 0.15) is 11.1 Å². The molecule has 2 rings (SSSR count). The van der Waals surface area contributed by atoms with Crippen LogP contribution in [0.2, 0.25) is 0 Å². The Morgan fingerprint density at radius 1 is 0.833 bits per heavy atom. The van der Waals surface area contributed by atoms with Gasteiger partial charge < -0.3 is 15.8 Å². The van der Waals surface area contributed by atoms with Crippen LogP contribution in [-0.2, 0) is 12.4 Å². The Hall–Kier alpha value is -2.58. The molecule has 0 heterocycles. The van der Waals surface area contributed by atoms with E-state index in [2.05, 4.69) is 5.32 Å².